The Morgan fingerprint density at radius 3 is 2.43 bits per heavy atom. The molecule has 5 nitrogen and oxygen atoms in total. The van der Waals surface area contributed by atoms with Crippen molar-refractivity contribution in [3.63, 3.8) is 0 Å². The molecule has 4 rings (SSSR count). The second kappa shape index (κ2) is 8.66. The van der Waals surface area contributed by atoms with E-state index < -0.39 is 5.97 Å². The Labute approximate surface area is 175 Å². The van der Waals surface area contributed by atoms with Crippen molar-refractivity contribution in [1.82, 2.24) is 0 Å². The van der Waals surface area contributed by atoms with Crippen LogP contribution in [0.4, 0.5) is 0 Å². The second-order valence-electron chi connectivity index (χ2n) is 6.88. The lowest BCUT2D eigenvalue weighted by atomic mass is 10.1. The maximum absolute atomic E-state index is 12.3. The molecule has 0 spiro atoms. The van der Waals surface area contributed by atoms with Crippen LogP contribution in [-0.4, -0.2) is 19.0 Å². The van der Waals surface area contributed by atoms with Crippen molar-refractivity contribution in [2.75, 3.05) is 7.11 Å². The summed E-state index contributed by atoms with van der Waals surface area (Å²) in [5.74, 6) is 1.17. The number of esters is 1. The van der Waals surface area contributed by atoms with Crippen LogP contribution in [0.5, 0.6) is 11.5 Å². The Hall–Kier alpha value is -3.86. The van der Waals surface area contributed by atoms with Crippen LogP contribution in [0.2, 0.25) is 0 Å². The number of carbonyl (C=O) groups is 1. The van der Waals surface area contributed by atoms with Gasteiger partial charge in [-0.3, -0.25) is 0 Å². The summed E-state index contributed by atoms with van der Waals surface area (Å²) >= 11 is 0. The van der Waals surface area contributed by atoms with Gasteiger partial charge in [-0.15, -0.1) is 0 Å². The van der Waals surface area contributed by atoms with Crippen molar-refractivity contribution < 1.29 is 19.0 Å². The SMILES string of the molecule is COc1ccc(C2=NC(=Cc3ccccc3OCc3ccc(C)cc3)C(=O)O2)cc1. The van der Waals surface area contributed by atoms with Crippen LogP contribution >= 0.6 is 0 Å². The number of aryl methyl sites for hydroxylation is 1. The Balaban J connectivity index is 1.55. The van der Waals surface area contributed by atoms with E-state index in [1.54, 1.807) is 37.5 Å². The summed E-state index contributed by atoms with van der Waals surface area (Å²) in [6.07, 6.45) is 1.68. The molecule has 0 amide bonds. The number of cyclic esters (lactones) is 1. The van der Waals surface area contributed by atoms with Crippen LogP contribution in [0, 0.1) is 6.92 Å². The van der Waals surface area contributed by atoms with E-state index in [9.17, 15) is 4.79 Å². The largest absolute Gasteiger partial charge is 0.497 e. The highest BCUT2D eigenvalue weighted by atomic mass is 16.6. The highest BCUT2D eigenvalue weighted by molar-refractivity contribution is 6.13. The van der Waals surface area contributed by atoms with Crippen LogP contribution in [-0.2, 0) is 16.1 Å². The summed E-state index contributed by atoms with van der Waals surface area (Å²) in [6.45, 7) is 2.48. The molecule has 0 bridgehead atoms. The van der Waals surface area contributed by atoms with Gasteiger partial charge in [-0.1, -0.05) is 48.0 Å². The maximum Gasteiger partial charge on any atom is 0.363 e. The molecular formula is C25H21NO4. The van der Waals surface area contributed by atoms with Gasteiger partial charge in [-0.2, -0.15) is 0 Å². The Kier molecular flexibility index (Phi) is 5.61. The number of benzene rings is 3. The zero-order chi connectivity index (χ0) is 20.9. The van der Waals surface area contributed by atoms with Gasteiger partial charge in [0, 0.05) is 11.1 Å². The molecule has 0 unspecified atom stereocenters. The third-order valence-corrected chi connectivity index (χ3v) is 4.68. The molecule has 30 heavy (non-hydrogen) atoms. The van der Waals surface area contributed by atoms with Gasteiger partial charge in [0.1, 0.15) is 18.1 Å². The quantitative estimate of drug-likeness (QED) is 0.436. The molecule has 1 aliphatic heterocycles. The Morgan fingerprint density at radius 1 is 0.967 bits per heavy atom. The summed E-state index contributed by atoms with van der Waals surface area (Å²) < 4.78 is 16.5. The molecule has 0 N–H and O–H groups in total. The van der Waals surface area contributed by atoms with Gasteiger partial charge in [-0.25, -0.2) is 9.79 Å². The fourth-order valence-electron chi connectivity index (χ4n) is 2.99. The molecule has 3 aromatic carbocycles. The minimum absolute atomic E-state index is 0.229. The van der Waals surface area contributed by atoms with E-state index >= 15 is 0 Å². The summed E-state index contributed by atoms with van der Waals surface area (Å²) in [5.41, 5.74) is 3.97. The first kappa shape index (κ1) is 19.5. The van der Waals surface area contributed by atoms with Crippen molar-refractivity contribution in [3.8, 4) is 11.5 Å². The third kappa shape index (κ3) is 4.41. The van der Waals surface area contributed by atoms with E-state index in [0.717, 1.165) is 16.9 Å². The summed E-state index contributed by atoms with van der Waals surface area (Å²) in [5, 5.41) is 0. The van der Waals surface area contributed by atoms with Crippen molar-refractivity contribution in [2.45, 2.75) is 13.5 Å². The predicted octanol–water partition coefficient (Wildman–Crippen LogP) is 4.93. The lowest BCUT2D eigenvalue weighted by molar-refractivity contribution is -0.129. The van der Waals surface area contributed by atoms with Crippen LogP contribution < -0.4 is 9.47 Å². The van der Waals surface area contributed by atoms with Crippen molar-refractivity contribution >= 4 is 17.9 Å². The van der Waals surface area contributed by atoms with Crippen LogP contribution in [0.15, 0.2) is 83.5 Å². The second-order valence-corrected chi connectivity index (χ2v) is 6.88. The number of para-hydroxylation sites is 1. The molecule has 0 saturated heterocycles. The van der Waals surface area contributed by atoms with Gasteiger partial charge < -0.3 is 14.2 Å². The van der Waals surface area contributed by atoms with Gasteiger partial charge in [0.05, 0.1) is 7.11 Å². The monoisotopic (exact) mass is 399 g/mol. The molecule has 0 aliphatic carbocycles. The average Bonchev–Trinajstić information content (AvgIpc) is 3.14. The van der Waals surface area contributed by atoms with Crippen molar-refractivity contribution in [1.29, 1.82) is 0 Å². The number of carbonyl (C=O) groups excluding carboxylic acids is 1. The smallest absolute Gasteiger partial charge is 0.363 e. The molecule has 3 aromatic rings. The van der Waals surface area contributed by atoms with Crippen LogP contribution in [0.25, 0.3) is 6.08 Å². The van der Waals surface area contributed by atoms with Crippen LogP contribution in [0.3, 0.4) is 0 Å². The molecule has 1 heterocycles. The standard InChI is InChI=1S/C25H21NO4/c1-17-7-9-18(10-8-17)16-29-23-6-4-3-5-20(23)15-22-25(27)30-24(26-22)19-11-13-21(28-2)14-12-19/h3-15H,16H2,1-2H3. The summed E-state index contributed by atoms with van der Waals surface area (Å²) in [7, 11) is 1.60. The van der Waals surface area contributed by atoms with E-state index in [2.05, 4.69) is 17.1 Å². The summed E-state index contributed by atoms with van der Waals surface area (Å²) in [4.78, 5) is 16.7. The normalized spacial score (nSPS) is 14.4. The molecule has 0 saturated carbocycles. The van der Waals surface area contributed by atoms with Gasteiger partial charge in [0.25, 0.3) is 0 Å². The van der Waals surface area contributed by atoms with Crippen LogP contribution in [0.1, 0.15) is 22.3 Å². The first-order chi connectivity index (χ1) is 14.6. The molecular weight excluding hydrogens is 378 g/mol. The number of hydrogen-bond acceptors (Lipinski definition) is 5. The van der Waals surface area contributed by atoms with E-state index in [4.69, 9.17) is 14.2 Å². The van der Waals surface area contributed by atoms with Gasteiger partial charge >= 0.3 is 5.97 Å². The molecule has 5 heteroatoms. The average molecular weight is 399 g/mol. The van der Waals surface area contributed by atoms with E-state index in [1.807, 2.05) is 43.3 Å². The zero-order valence-corrected chi connectivity index (χ0v) is 16.8. The molecule has 150 valence electrons. The van der Waals surface area contributed by atoms with Gasteiger partial charge in [0.2, 0.25) is 5.90 Å². The van der Waals surface area contributed by atoms with Crippen molar-refractivity contribution in [2.24, 2.45) is 4.99 Å². The number of nitrogens with zero attached hydrogens (tertiary/aromatic N) is 1. The number of ether oxygens (including phenoxy) is 3. The minimum Gasteiger partial charge on any atom is -0.497 e. The molecule has 0 atom stereocenters. The highest BCUT2D eigenvalue weighted by Gasteiger charge is 2.24. The predicted molar refractivity (Wildman–Crippen MR) is 116 cm³/mol. The number of rotatable bonds is 6. The molecule has 0 aromatic heterocycles. The van der Waals surface area contributed by atoms with Gasteiger partial charge in [-0.05, 0) is 48.9 Å². The lowest BCUT2D eigenvalue weighted by Crippen LogP contribution is -2.05. The Bertz CT molecular complexity index is 1110. The fourth-order valence-corrected chi connectivity index (χ4v) is 2.99. The maximum atomic E-state index is 12.3. The minimum atomic E-state index is -0.492. The topological polar surface area (TPSA) is 57.1 Å². The molecule has 1 aliphatic rings. The lowest BCUT2D eigenvalue weighted by Gasteiger charge is -2.09. The zero-order valence-electron chi connectivity index (χ0n) is 16.8. The number of aliphatic imine (C=N–C) groups is 1. The molecule has 0 fully saturated rings. The van der Waals surface area contributed by atoms with E-state index in [-0.39, 0.29) is 11.6 Å². The highest BCUT2D eigenvalue weighted by Crippen LogP contribution is 2.26. The molecule has 0 radical (unpaired) electrons. The first-order valence-electron chi connectivity index (χ1n) is 9.57. The van der Waals surface area contributed by atoms with E-state index in [0.29, 0.717) is 17.9 Å². The fraction of sp³-hybridized carbons (Fsp3) is 0.120. The third-order valence-electron chi connectivity index (χ3n) is 4.68. The summed E-state index contributed by atoms with van der Waals surface area (Å²) in [6, 6.07) is 22.9. The number of hydrogen-bond donors (Lipinski definition) is 0. The number of methoxy groups -OCH3 is 1. The van der Waals surface area contributed by atoms with E-state index in [1.165, 1.54) is 5.56 Å². The van der Waals surface area contributed by atoms with Gasteiger partial charge in [0.15, 0.2) is 5.70 Å². The Morgan fingerprint density at radius 2 is 1.70 bits per heavy atom. The van der Waals surface area contributed by atoms with Crippen molar-refractivity contribution in [3.05, 3.63) is 101 Å². The first-order valence-corrected chi connectivity index (χ1v) is 9.57.